The van der Waals surface area contributed by atoms with E-state index in [9.17, 15) is 10.1 Å². The Morgan fingerprint density at radius 3 is 3.00 bits per heavy atom. The van der Waals surface area contributed by atoms with Crippen LogP contribution in [0.4, 0.5) is 11.5 Å². The highest BCUT2D eigenvalue weighted by atomic mass is 16.6. The lowest BCUT2D eigenvalue weighted by molar-refractivity contribution is -0.385. The minimum Gasteiger partial charge on any atom is -0.473 e. The van der Waals surface area contributed by atoms with Gasteiger partial charge in [-0.3, -0.25) is 10.1 Å². The third kappa shape index (κ3) is 2.91. The molecule has 1 saturated heterocycles. The van der Waals surface area contributed by atoms with Gasteiger partial charge in [0.25, 0.3) is 5.88 Å². The molecule has 0 N–H and O–H groups in total. The minimum absolute atomic E-state index is 0.0516. The molecule has 2 rings (SSSR count). The second-order valence-electron chi connectivity index (χ2n) is 4.73. The Morgan fingerprint density at radius 2 is 2.37 bits per heavy atom. The van der Waals surface area contributed by atoms with Crippen molar-refractivity contribution < 1.29 is 9.66 Å². The van der Waals surface area contributed by atoms with E-state index in [2.05, 4.69) is 16.9 Å². The van der Waals surface area contributed by atoms with Gasteiger partial charge >= 0.3 is 5.69 Å². The minimum atomic E-state index is -0.459. The van der Waals surface area contributed by atoms with E-state index >= 15 is 0 Å². The molecule has 0 radical (unpaired) electrons. The summed E-state index contributed by atoms with van der Waals surface area (Å²) < 4.78 is 5.24. The highest BCUT2D eigenvalue weighted by Gasteiger charge is 2.30. The number of anilines is 1. The number of aromatic nitrogens is 2. The van der Waals surface area contributed by atoms with Gasteiger partial charge in [0, 0.05) is 13.1 Å². The molecule has 2 heterocycles. The van der Waals surface area contributed by atoms with Crippen molar-refractivity contribution in [2.75, 3.05) is 24.6 Å². The molecular weight excluding hydrogens is 248 g/mol. The molecule has 1 atom stereocenters. The van der Waals surface area contributed by atoms with Gasteiger partial charge < -0.3 is 9.64 Å². The van der Waals surface area contributed by atoms with Crippen LogP contribution >= 0.6 is 0 Å². The highest BCUT2D eigenvalue weighted by molar-refractivity contribution is 5.62. The molecule has 104 valence electrons. The molecule has 7 heteroatoms. The summed E-state index contributed by atoms with van der Waals surface area (Å²) in [6.07, 6.45) is 3.49. The summed E-state index contributed by atoms with van der Waals surface area (Å²) in [5, 5.41) is 11.3. The molecule has 0 aliphatic carbocycles. The maximum absolute atomic E-state index is 11.3. The van der Waals surface area contributed by atoms with Crippen molar-refractivity contribution in [3.8, 4) is 5.88 Å². The molecule has 1 aromatic rings. The smallest absolute Gasteiger partial charge is 0.372 e. The Morgan fingerprint density at radius 1 is 1.58 bits per heavy atom. The average Bonchev–Trinajstić information content (AvgIpc) is 2.38. The van der Waals surface area contributed by atoms with E-state index in [1.165, 1.54) is 6.33 Å². The fourth-order valence-electron chi connectivity index (χ4n) is 2.37. The molecular formula is C12H18N4O3. The molecule has 1 aliphatic heterocycles. The predicted octanol–water partition coefficient (Wildman–Crippen LogP) is 2.02. The number of nitro groups is 1. The number of ether oxygens (including phenoxy) is 1. The van der Waals surface area contributed by atoms with E-state index in [0.717, 1.165) is 25.9 Å². The largest absolute Gasteiger partial charge is 0.473 e. The molecule has 7 nitrogen and oxygen atoms in total. The van der Waals surface area contributed by atoms with Crippen LogP contribution in [0.2, 0.25) is 0 Å². The van der Waals surface area contributed by atoms with Crippen LogP contribution < -0.4 is 9.64 Å². The number of hydrogen-bond donors (Lipinski definition) is 0. The summed E-state index contributed by atoms with van der Waals surface area (Å²) in [7, 11) is 0. The third-order valence-electron chi connectivity index (χ3n) is 3.19. The van der Waals surface area contributed by atoms with Crippen LogP contribution in [0.1, 0.15) is 26.7 Å². The number of piperidine rings is 1. The molecule has 1 aromatic heterocycles. The van der Waals surface area contributed by atoms with Crippen molar-refractivity contribution in [1.82, 2.24) is 9.97 Å². The van der Waals surface area contributed by atoms with Gasteiger partial charge in [-0.2, -0.15) is 4.98 Å². The Bertz CT molecular complexity index is 466. The SMILES string of the molecule is CCOc1ncnc(N2CCCC(C)C2)c1[N+](=O)[O-]. The second-order valence-corrected chi connectivity index (χ2v) is 4.73. The van der Waals surface area contributed by atoms with Gasteiger partial charge in [0.15, 0.2) is 0 Å². The molecule has 1 unspecified atom stereocenters. The van der Waals surface area contributed by atoms with E-state index in [1.54, 1.807) is 6.92 Å². The summed E-state index contributed by atoms with van der Waals surface area (Å²) in [6, 6.07) is 0. The zero-order chi connectivity index (χ0) is 13.8. The Hall–Kier alpha value is -1.92. The van der Waals surface area contributed by atoms with Gasteiger partial charge in [-0.05, 0) is 25.7 Å². The summed E-state index contributed by atoms with van der Waals surface area (Å²) in [6.45, 7) is 5.82. The first-order valence-corrected chi connectivity index (χ1v) is 6.50. The molecule has 1 fully saturated rings. The summed E-state index contributed by atoms with van der Waals surface area (Å²) in [4.78, 5) is 20.7. The van der Waals surface area contributed by atoms with Gasteiger partial charge in [-0.25, -0.2) is 4.98 Å². The standard InChI is InChI=1S/C12H18N4O3/c1-3-19-12-10(16(17)18)11(13-8-14-12)15-6-4-5-9(2)7-15/h8-9H,3-7H2,1-2H3. The first kappa shape index (κ1) is 13.5. The molecule has 0 amide bonds. The van der Waals surface area contributed by atoms with Gasteiger partial charge in [0.1, 0.15) is 6.33 Å². The molecule has 0 saturated carbocycles. The number of hydrogen-bond acceptors (Lipinski definition) is 6. The van der Waals surface area contributed by atoms with Crippen molar-refractivity contribution in [2.45, 2.75) is 26.7 Å². The normalized spacial score (nSPS) is 19.3. The summed E-state index contributed by atoms with van der Waals surface area (Å²) >= 11 is 0. The quantitative estimate of drug-likeness (QED) is 0.612. The topological polar surface area (TPSA) is 81.4 Å². The van der Waals surface area contributed by atoms with Crippen molar-refractivity contribution in [3.63, 3.8) is 0 Å². The van der Waals surface area contributed by atoms with Crippen LogP contribution in [0.25, 0.3) is 0 Å². The molecule has 0 bridgehead atoms. The van der Waals surface area contributed by atoms with Gasteiger partial charge in [-0.1, -0.05) is 6.92 Å². The first-order valence-electron chi connectivity index (χ1n) is 6.50. The van der Waals surface area contributed by atoms with E-state index in [1.807, 2.05) is 4.90 Å². The summed E-state index contributed by atoms with van der Waals surface area (Å²) in [5.41, 5.74) is -0.126. The molecule has 1 aliphatic rings. The number of rotatable bonds is 4. The highest BCUT2D eigenvalue weighted by Crippen LogP contribution is 2.35. The fourth-order valence-corrected chi connectivity index (χ4v) is 2.37. The lowest BCUT2D eigenvalue weighted by Gasteiger charge is -2.31. The zero-order valence-corrected chi connectivity index (χ0v) is 11.2. The molecule has 0 spiro atoms. The fraction of sp³-hybridized carbons (Fsp3) is 0.667. The van der Waals surface area contributed by atoms with Crippen LogP contribution in [0, 0.1) is 16.0 Å². The third-order valence-corrected chi connectivity index (χ3v) is 3.19. The maximum Gasteiger partial charge on any atom is 0.372 e. The average molecular weight is 266 g/mol. The number of nitrogens with zero attached hydrogens (tertiary/aromatic N) is 4. The van der Waals surface area contributed by atoms with Crippen molar-refractivity contribution in [3.05, 3.63) is 16.4 Å². The van der Waals surface area contributed by atoms with Crippen molar-refractivity contribution in [1.29, 1.82) is 0 Å². The van der Waals surface area contributed by atoms with Crippen molar-refractivity contribution in [2.24, 2.45) is 5.92 Å². The summed E-state index contributed by atoms with van der Waals surface area (Å²) in [5.74, 6) is 0.935. The lowest BCUT2D eigenvalue weighted by Crippen LogP contribution is -2.35. The van der Waals surface area contributed by atoms with Crippen LogP contribution in [0.3, 0.4) is 0 Å². The monoisotopic (exact) mass is 266 g/mol. The first-order chi connectivity index (χ1) is 9.13. The van der Waals surface area contributed by atoms with Crippen molar-refractivity contribution >= 4 is 11.5 Å². The van der Waals surface area contributed by atoms with Gasteiger partial charge in [0.05, 0.1) is 11.5 Å². The van der Waals surface area contributed by atoms with E-state index < -0.39 is 4.92 Å². The van der Waals surface area contributed by atoms with Gasteiger partial charge in [0.2, 0.25) is 5.82 Å². The maximum atomic E-state index is 11.3. The van der Waals surface area contributed by atoms with E-state index in [-0.39, 0.29) is 11.6 Å². The Balaban J connectivity index is 2.38. The Kier molecular flexibility index (Phi) is 4.13. The zero-order valence-electron chi connectivity index (χ0n) is 11.2. The second kappa shape index (κ2) is 5.81. The van der Waals surface area contributed by atoms with Crippen LogP contribution in [0.5, 0.6) is 5.88 Å². The van der Waals surface area contributed by atoms with Gasteiger partial charge in [-0.15, -0.1) is 0 Å². The van der Waals surface area contributed by atoms with E-state index in [4.69, 9.17) is 4.74 Å². The molecule has 0 aromatic carbocycles. The van der Waals surface area contributed by atoms with E-state index in [0.29, 0.717) is 18.3 Å². The van der Waals surface area contributed by atoms with Crippen LogP contribution in [-0.2, 0) is 0 Å². The van der Waals surface area contributed by atoms with Crippen LogP contribution in [0.15, 0.2) is 6.33 Å². The predicted molar refractivity (Wildman–Crippen MR) is 70.5 cm³/mol. The lowest BCUT2D eigenvalue weighted by atomic mass is 10.0. The van der Waals surface area contributed by atoms with Crippen LogP contribution in [-0.4, -0.2) is 34.6 Å². The Labute approximate surface area is 111 Å². The molecule has 19 heavy (non-hydrogen) atoms.